The van der Waals surface area contributed by atoms with Crippen molar-refractivity contribution in [3.05, 3.63) is 47.3 Å². The molecule has 166 valence electrons. The van der Waals surface area contributed by atoms with Crippen molar-refractivity contribution in [1.29, 1.82) is 0 Å². The maximum atomic E-state index is 14.7. The molecular weight excluding hydrogens is 445 g/mol. The minimum Gasteiger partial charge on any atom is -0.494 e. The minimum atomic E-state index is -5.17. The average Bonchev–Trinajstić information content (AvgIpc) is 2.70. The number of hydrogen-bond acceptors (Lipinski definition) is 4. The maximum absolute atomic E-state index is 14.7. The third-order valence-corrected chi connectivity index (χ3v) is 6.53. The number of methoxy groups -OCH3 is 1. The molecule has 0 aromatic heterocycles. The van der Waals surface area contributed by atoms with E-state index < -0.39 is 62.4 Å². The van der Waals surface area contributed by atoms with Crippen LogP contribution in [0.5, 0.6) is 11.5 Å². The fourth-order valence-electron chi connectivity index (χ4n) is 2.90. The van der Waals surface area contributed by atoms with Gasteiger partial charge in [0, 0.05) is 6.07 Å². The molecule has 1 aliphatic carbocycles. The van der Waals surface area contributed by atoms with E-state index in [1.807, 2.05) is 5.92 Å². The topological polar surface area (TPSA) is 55.8 Å². The second-order valence-corrected chi connectivity index (χ2v) is 8.42. The largest absolute Gasteiger partial charge is 0.494 e. The molecule has 3 rings (SSSR count). The van der Waals surface area contributed by atoms with E-state index >= 15 is 0 Å². The standard InChI is InChI=1S/C20H16F5NO4S/c1-3-9-26(11-7-8-14(29-2)13(21)10-11)31(27,28)20-18(25)16(23)15(22)17(24)19(20)30-12-5-4-6-12/h1,7-8,10,12H,4-6,9H2,2H3. The Balaban J connectivity index is 2.22. The lowest BCUT2D eigenvalue weighted by atomic mass is 9.96. The van der Waals surface area contributed by atoms with Crippen LogP contribution in [0, 0.1) is 41.4 Å². The van der Waals surface area contributed by atoms with E-state index in [9.17, 15) is 30.4 Å². The molecule has 0 atom stereocenters. The van der Waals surface area contributed by atoms with Crippen molar-refractivity contribution in [1.82, 2.24) is 0 Å². The summed E-state index contributed by atoms with van der Waals surface area (Å²) in [5.74, 6) is -9.21. The van der Waals surface area contributed by atoms with Gasteiger partial charge in [0.25, 0.3) is 10.0 Å². The summed E-state index contributed by atoms with van der Waals surface area (Å²) in [6, 6.07) is 2.91. The van der Waals surface area contributed by atoms with Crippen molar-refractivity contribution >= 4 is 15.7 Å². The molecule has 1 aliphatic rings. The van der Waals surface area contributed by atoms with Gasteiger partial charge in [-0.2, -0.15) is 4.39 Å². The van der Waals surface area contributed by atoms with Crippen LogP contribution in [0.2, 0.25) is 0 Å². The third-order valence-electron chi connectivity index (χ3n) is 4.73. The first-order valence-corrected chi connectivity index (χ1v) is 10.4. The average molecular weight is 461 g/mol. The van der Waals surface area contributed by atoms with Gasteiger partial charge in [-0.15, -0.1) is 6.42 Å². The van der Waals surface area contributed by atoms with Crippen LogP contribution in [0.3, 0.4) is 0 Å². The van der Waals surface area contributed by atoms with E-state index in [4.69, 9.17) is 15.9 Å². The Morgan fingerprint density at radius 2 is 1.74 bits per heavy atom. The molecule has 0 unspecified atom stereocenters. The Morgan fingerprint density at radius 3 is 2.26 bits per heavy atom. The number of rotatable bonds is 7. The van der Waals surface area contributed by atoms with Crippen molar-refractivity contribution in [2.75, 3.05) is 18.0 Å². The molecule has 1 saturated carbocycles. The molecule has 2 aromatic rings. The molecule has 0 heterocycles. The molecule has 0 saturated heterocycles. The first-order valence-electron chi connectivity index (χ1n) is 8.95. The number of sulfonamides is 1. The monoisotopic (exact) mass is 461 g/mol. The highest BCUT2D eigenvalue weighted by Crippen LogP contribution is 2.39. The number of halogens is 5. The third kappa shape index (κ3) is 3.99. The quantitative estimate of drug-likeness (QED) is 0.269. The van der Waals surface area contributed by atoms with Crippen molar-refractivity contribution in [3.63, 3.8) is 0 Å². The van der Waals surface area contributed by atoms with Crippen LogP contribution in [0.15, 0.2) is 23.1 Å². The Labute approximate surface area is 175 Å². The van der Waals surface area contributed by atoms with E-state index in [2.05, 4.69) is 0 Å². The van der Waals surface area contributed by atoms with E-state index in [-0.39, 0.29) is 11.4 Å². The molecule has 0 aliphatic heterocycles. The lowest BCUT2D eigenvalue weighted by Gasteiger charge is -2.29. The Hall–Kier alpha value is -3.00. The van der Waals surface area contributed by atoms with Crippen molar-refractivity contribution in [3.8, 4) is 23.8 Å². The zero-order valence-corrected chi connectivity index (χ0v) is 16.9. The zero-order chi connectivity index (χ0) is 22.9. The van der Waals surface area contributed by atoms with Gasteiger partial charge in [-0.1, -0.05) is 5.92 Å². The number of hydrogen-bond donors (Lipinski definition) is 0. The molecule has 0 bridgehead atoms. The van der Waals surface area contributed by atoms with Gasteiger partial charge in [-0.25, -0.2) is 26.0 Å². The summed E-state index contributed by atoms with van der Waals surface area (Å²) in [4.78, 5) is -1.57. The number of benzene rings is 2. The molecule has 2 aromatic carbocycles. The smallest absolute Gasteiger partial charge is 0.272 e. The van der Waals surface area contributed by atoms with Gasteiger partial charge < -0.3 is 9.47 Å². The maximum Gasteiger partial charge on any atom is 0.272 e. The normalized spacial score (nSPS) is 14.0. The summed E-state index contributed by atoms with van der Waals surface area (Å²) >= 11 is 0. The van der Waals surface area contributed by atoms with Crippen LogP contribution in [0.25, 0.3) is 0 Å². The zero-order valence-electron chi connectivity index (χ0n) is 16.1. The number of ether oxygens (including phenoxy) is 2. The SMILES string of the molecule is C#CCN(c1ccc(OC)c(F)c1)S(=O)(=O)c1c(F)c(F)c(F)c(F)c1OC1CCC1. The highest BCUT2D eigenvalue weighted by Gasteiger charge is 2.39. The predicted octanol–water partition coefficient (Wildman–Crippen LogP) is 4.15. The second kappa shape index (κ2) is 8.63. The lowest BCUT2D eigenvalue weighted by Crippen LogP contribution is -2.34. The van der Waals surface area contributed by atoms with Crippen LogP contribution in [0.1, 0.15) is 19.3 Å². The first kappa shape index (κ1) is 22.7. The summed E-state index contributed by atoms with van der Waals surface area (Å²) in [5, 5.41) is 0. The summed E-state index contributed by atoms with van der Waals surface area (Å²) in [5.41, 5.74) is -0.379. The molecule has 0 amide bonds. The van der Waals surface area contributed by atoms with Crippen LogP contribution >= 0.6 is 0 Å². The Kier molecular flexibility index (Phi) is 6.31. The van der Waals surface area contributed by atoms with Gasteiger partial charge in [0.1, 0.15) is 0 Å². The molecule has 0 spiro atoms. The van der Waals surface area contributed by atoms with Gasteiger partial charge in [0.2, 0.25) is 11.6 Å². The summed E-state index contributed by atoms with van der Waals surface area (Å²) < 4.78 is 108. The molecule has 11 heteroatoms. The van der Waals surface area contributed by atoms with E-state index in [0.29, 0.717) is 23.6 Å². The molecule has 5 nitrogen and oxygen atoms in total. The molecule has 0 N–H and O–H groups in total. The van der Waals surface area contributed by atoms with Crippen molar-refractivity contribution < 1.29 is 39.8 Å². The molecule has 0 radical (unpaired) electrons. The first-order chi connectivity index (χ1) is 14.6. The molecular formula is C20H16F5NO4S. The predicted molar refractivity (Wildman–Crippen MR) is 101 cm³/mol. The van der Waals surface area contributed by atoms with Gasteiger partial charge in [-0.3, -0.25) is 4.31 Å². The highest BCUT2D eigenvalue weighted by molar-refractivity contribution is 7.93. The number of terminal acetylenes is 1. The van der Waals surface area contributed by atoms with E-state index in [0.717, 1.165) is 18.2 Å². The van der Waals surface area contributed by atoms with Gasteiger partial charge in [-0.05, 0) is 31.4 Å². The van der Waals surface area contributed by atoms with Crippen LogP contribution in [0.4, 0.5) is 27.6 Å². The minimum absolute atomic E-state index is 0.221. The van der Waals surface area contributed by atoms with E-state index in [1.54, 1.807) is 0 Å². The van der Waals surface area contributed by atoms with Gasteiger partial charge >= 0.3 is 0 Å². The lowest BCUT2D eigenvalue weighted by molar-refractivity contribution is 0.108. The van der Waals surface area contributed by atoms with Gasteiger partial charge in [0.15, 0.2) is 33.8 Å². The van der Waals surface area contributed by atoms with Crippen LogP contribution in [-0.2, 0) is 10.0 Å². The molecule has 1 fully saturated rings. The van der Waals surface area contributed by atoms with Crippen molar-refractivity contribution in [2.24, 2.45) is 0 Å². The Bertz CT molecular complexity index is 1160. The molecule has 31 heavy (non-hydrogen) atoms. The van der Waals surface area contributed by atoms with Crippen molar-refractivity contribution in [2.45, 2.75) is 30.3 Å². The summed E-state index contributed by atoms with van der Waals surface area (Å²) in [6.07, 6.45) is 5.95. The van der Waals surface area contributed by atoms with Crippen LogP contribution < -0.4 is 13.8 Å². The van der Waals surface area contributed by atoms with Crippen LogP contribution in [-0.4, -0.2) is 28.2 Å². The summed E-state index contributed by atoms with van der Waals surface area (Å²) in [7, 11) is -3.99. The number of nitrogens with zero attached hydrogens (tertiary/aromatic N) is 1. The highest BCUT2D eigenvalue weighted by atomic mass is 32.2. The summed E-state index contributed by atoms with van der Waals surface area (Å²) in [6.45, 7) is -0.753. The Morgan fingerprint density at radius 1 is 1.10 bits per heavy atom. The number of anilines is 1. The fourth-order valence-corrected chi connectivity index (χ4v) is 4.44. The van der Waals surface area contributed by atoms with E-state index in [1.165, 1.54) is 7.11 Å². The fraction of sp³-hybridized carbons (Fsp3) is 0.300. The second-order valence-electron chi connectivity index (χ2n) is 6.62. The van der Waals surface area contributed by atoms with Gasteiger partial charge in [0.05, 0.1) is 25.4 Å².